The number of aliphatic hydroxyl groups is 3. The maximum Gasteiger partial charge on any atom is 0.102 e. The standard InChI is InChI=1S/C28H46O3/c1-18(2)19(3)8-9-21(5)24-12-13-25-27(24,6)14-7-15-28(25,31)26(30)17-22-16-23(29)11-10-20(22)4/h8-9,17-19,21,23-26,29-31H,4,7,10-16H2,1-3,5-6H3/b9-8+,22-17-/t19-,21-,23+,24-,25+,26+,27-,28+/m1/s1. The third-order valence-electron chi connectivity index (χ3n) is 9.27. The number of hydrogen-bond acceptors (Lipinski definition) is 3. The summed E-state index contributed by atoms with van der Waals surface area (Å²) < 4.78 is 0. The first kappa shape index (κ1) is 24.7. The summed E-state index contributed by atoms with van der Waals surface area (Å²) in [6.45, 7) is 15.6. The van der Waals surface area contributed by atoms with E-state index in [0.29, 0.717) is 36.5 Å². The molecule has 0 radical (unpaired) electrons. The Hall–Kier alpha value is -0.900. The van der Waals surface area contributed by atoms with E-state index < -0.39 is 11.7 Å². The average Bonchev–Trinajstić information content (AvgIpc) is 3.07. The van der Waals surface area contributed by atoms with Gasteiger partial charge in [0.05, 0.1) is 11.7 Å². The predicted octanol–water partition coefficient (Wildman–Crippen LogP) is 5.81. The van der Waals surface area contributed by atoms with Gasteiger partial charge < -0.3 is 15.3 Å². The van der Waals surface area contributed by atoms with Crippen molar-refractivity contribution in [3.8, 4) is 0 Å². The van der Waals surface area contributed by atoms with Gasteiger partial charge in [-0.1, -0.05) is 58.9 Å². The van der Waals surface area contributed by atoms with E-state index in [2.05, 4.69) is 53.3 Å². The Morgan fingerprint density at radius 1 is 1.06 bits per heavy atom. The minimum absolute atomic E-state index is 0.0421. The van der Waals surface area contributed by atoms with Crippen LogP contribution in [0.3, 0.4) is 0 Å². The van der Waals surface area contributed by atoms with Gasteiger partial charge in [-0.15, -0.1) is 0 Å². The fraction of sp³-hybridized carbons (Fsp3) is 0.786. The van der Waals surface area contributed by atoms with Gasteiger partial charge in [-0.2, -0.15) is 0 Å². The number of rotatable bonds is 6. The number of allylic oxidation sites excluding steroid dienone is 3. The molecule has 31 heavy (non-hydrogen) atoms. The first-order valence-electron chi connectivity index (χ1n) is 12.6. The summed E-state index contributed by atoms with van der Waals surface area (Å²) in [5, 5.41) is 33.2. The van der Waals surface area contributed by atoms with E-state index in [1.807, 2.05) is 6.08 Å². The molecule has 3 fully saturated rings. The Morgan fingerprint density at radius 2 is 1.77 bits per heavy atom. The van der Waals surface area contributed by atoms with E-state index >= 15 is 0 Å². The predicted molar refractivity (Wildman–Crippen MR) is 129 cm³/mol. The Balaban J connectivity index is 1.80. The molecule has 3 aliphatic carbocycles. The van der Waals surface area contributed by atoms with Crippen molar-refractivity contribution in [1.82, 2.24) is 0 Å². The van der Waals surface area contributed by atoms with Gasteiger partial charge in [0.25, 0.3) is 0 Å². The van der Waals surface area contributed by atoms with Crippen molar-refractivity contribution < 1.29 is 15.3 Å². The minimum Gasteiger partial charge on any atom is -0.393 e. The van der Waals surface area contributed by atoms with Crippen LogP contribution in [-0.4, -0.2) is 33.1 Å². The van der Waals surface area contributed by atoms with Gasteiger partial charge in [0.15, 0.2) is 0 Å². The van der Waals surface area contributed by atoms with Gasteiger partial charge in [0.1, 0.15) is 6.10 Å². The highest BCUT2D eigenvalue weighted by Gasteiger charge is 2.59. The van der Waals surface area contributed by atoms with Gasteiger partial charge in [0, 0.05) is 0 Å². The summed E-state index contributed by atoms with van der Waals surface area (Å²) in [5.74, 6) is 2.33. The van der Waals surface area contributed by atoms with Crippen LogP contribution in [-0.2, 0) is 0 Å². The molecule has 3 N–H and O–H groups in total. The topological polar surface area (TPSA) is 60.7 Å². The molecule has 0 spiro atoms. The van der Waals surface area contributed by atoms with E-state index in [9.17, 15) is 15.3 Å². The average molecular weight is 431 g/mol. The van der Waals surface area contributed by atoms with Crippen molar-refractivity contribution in [2.24, 2.45) is 35.0 Å². The van der Waals surface area contributed by atoms with Gasteiger partial charge >= 0.3 is 0 Å². The Kier molecular flexibility index (Phi) is 7.61. The molecule has 0 heterocycles. The summed E-state index contributed by atoms with van der Waals surface area (Å²) in [6, 6.07) is 0. The normalized spacial score (nSPS) is 41.0. The Labute approximate surface area is 190 Å². The van der Waals surface area contributed by atoms with Crippen LogP contribution in [0.25, 0.3) is 0 Å². The third kappa shape index (κ3) is 4.89. The van der Waals surface area contributed by atoms with Crippen LogP contribution in [0.5, 0.6) is 0 Å². The molecule has 3 aliphatic rings. The van der Waals surface area contributed by atoms with Crippen molar-refractivity contribution in [3.63, 3.8) is 0 Å². The molecule has 3 saturated carbocycles. The molecule has 3 rings (SSSR count). The monoisotopic (exact) mass is 430 g/mol. The van der Waals surface area contributed by atoms with Crippen LogP contribution in [0.1, 0.15) is 86.0 Å². The van der Waals surface area contributed by atoms with Gasteiger partial charge in [-0.25, -0.2) is 0 Å². The van der Waals surface area contributed by atoms with E-state index in [-0.39, 0.29) is 17.4 Å². The molecular weight excluding hydrogens is 384 g/mol. The zero-order chi connectivity index (χ0) is 23.0. The third-order valence-corrected chi connectivity index (χ3v) is 9.27. The molecule has 3 nitrogen and oxygen atoms in total. The second-order valence-electron chi connectivity index (χ2n) is 11.6. The maximum atomic E-state index is 11.8. The van der Waals surface area contributed by atoms with Crippen LogP contribution in [0.4, 0.5) is 0 Å². The van der Waals surface area contributed by atoms with Crippen LogP contribution in [0.2, 0.25) is 0 Å². The van der Waals surface area contributed by atoms with Gasteiger partial charge in [0.2, 0.25) is 0 Å². The van der Waals surface area contributed by atoms with Crippen molar-refractivity contribution >= 4 is 0 Å². The minimum atomic E-state index is -1.09. The van der Waals surface area contributed by atoms with Crippen LogP contribution in [0.15, 0.2) is 36.0 Å². The summed E-state index contributed by atoms with van der Waals surface area (Å²) in [7, 11) is 0. The zero-order valence-corrected chi connectivity index (χ0v) is 20.5. The molecule has 0 aromatic rings. The fourth-order valence-electron chi connectivity index (χ4n) is 6.82. The first-order valence-corrected chi connectivity index (χ1v) is 12.6. The largest absolute Gasteiger partial charge is 0.393 e. The van der Waals surface area contributed by atoms with E-state index in [0.717, 1.165) is 49.7 Å². The first-order chi connectivity index (χ1) is 14.5. The summed E-state index contributed by atoms with van der Waals surface area (Å²) in [6.07, 6.45) is 12.2. The molecule has 0 unspecified atom stereocenters. The molecule has 0 amide bonds. The lowest BCUT2D eigenvalue weighted by molar-refractivity contribution is -0.155. The number of aliphatic hydroxyl groups excluding tert-OH is 2. The van der Waals surface area contributed by atoms with Gasteiger partial charge in [-0.3, -0.25) is 0 Å². The van der Waals surface area contributed by atoms with E-state index in [1.165, 1.54) is 0 Å². The Morgan fingerprint density at radius 3 is 2.45 bits per heavy atom. The second kappa shape index (κ2) is 9.53. The highest BCUT2D eigenvalue weighted by Crippen LogP contribution is 2.61. The fourth-order valence-corrected chi connectivity index (χ4v) is 6.82. The summed E-state index contributed by atoms with van der Waals surface area (Å²) >= 11 is 0. The molecule has 0 aromatic carbocycles. The molecule has 3 heteroatoms. The molecule has 0 saturated heterocycles. The highest BCUT2D eigenvalue weighted by molar-refractivity contribution is 5.33. The van der Waals surface area contributed by atoms with E-state index in [4.69, 9.17) is 0 Å². The number of fused-ring (bicyclic) bond motifs is 1. The Bertz CT molecular complexity index is 707. The van der Waals surface area contributed by atoms with Gasteiger partial charge in [-0.05, 0) is 98.0 Å². The lowest BCUT2D eigenvalue weighted by atomic mass is 9.56. The molecule has 0 aliphatic heterocycles. The van der Waals surface area contributed by atoms with Crippen LogP contribution < -0.4 is 0 Å². The molecular formula is C28H46O3. The molecule has 0 bridgehead atoms. The molecule has 0 aromatic heterocycles. The molecule has 8 atom stereocenters. The van der Waals surface area contributed by atoms with E-state index in [1.54, 1.807) is 0 Å². The van der Waals surface area contributed by atoms with Crippen molar-refractivity contribution in [2.75, 3.05) is 0 Å². The maximum absolute atomic E-state index is 11.8. The quantitative estimate of drug-likeness (QED) is 0.466. The molecule has 176 valence electrons. The summed E-state index contributed by atoms with van der Waals surface area (Å²) in [4.78, 5) is 0. The van der Waals surface area contributed by atoms with Crippen molar-refractivity contribution in [2.45, 2.75) is 104 Å². The summed E-state index contributed by atoms with van der Waals surface area (Å²) in [5.41, 5.74) is 0.876. The van der Waals surface area contributed by atoms with Crippen molar-refractivity contribution in [3.05, 3.63) is 36.0 Å². The second-order valence-corrected chi connectivity index (χ2v) is 11.6. The SMILES string of the molecule is C=C1CC[C@H](O)C/C1=C/[C@H](O)[C@]1(O)CCC[C@]2(C)[C@@H]([C@H](C)/C=C/[C@@H](C)C(C)C)CC[C@@H]21. The lowest BCUT2D eigenvalue weighted by Gasteiger charge is -2.52. The van der Waals surface area contributed by atoms with Crippen molar-refractivity contribution in [1.29, 1.82) is 0 Å². The highest BCUT2D eigenvalue weighted by atomic mass is 16.3. The number of hydrogen-bond donors (Lipinski definition) is 3. The lowest BCUT2D eigenvalue weighted by Crippen LogP contribution is -2.56. The smallest absolute Gasteiger partial charge is 0.102 e. The zero-order valence-electron chi connectivity index (χ0n) is 20.5. The van der Waals surface area contributed by atoms with Crippen LogP contribution >= 0.6 is 0 Å². The van der Waals surface area contributed by atoms with Crippen LogP contribution in [0, 0.1) is 35.0 Å².